The van der Waals surface area contributed by atoms with Crippen molar-refractivity contribution in [2.45, 2.75) is 46.1 Å². The van der Waals surface area contributed by atoms with Crippen LogP contribution < -0.4 is 16.4 Å². The lowest BCUT2D eigenvalue weighted by Crippen LogP contribution is -2.28. The van der Waals surface area contributed by atoms with Crippen molar-refractivity contribution in [3.05, 3.63) is 70.7 Å². The molecule has 1 heterocycles. The summed E-state index contributed by atoms with van der Waals surface area (Å²) in [7, 11) is 0. The minimum absolute atomic E-state index is 0.0144. The first-order valence-corrected chi connectivity index (χ1v) is 10.3. The minimum Gasteiger partial charge on any atom is -0.433 e. The summed E-state index contributed by atoms with van der Waals surface area (Å²) in [6.07, 6.45) is 2.75. The number of benzene rings is 1. The normalized spacial score (nSPS) is 13.4. The minimum atomic E-state index is -0.648. The highest BCUT2D eigenvalue weighted by Crippen LogP contribution is 2.25. The van der Waals surface area contributed by atoms with Crippen molar-refractivity contribution in [3.63, 3.8) is 0 Å². The zero-order valence-corrected chi connectivity index (χ0v) is 19.6. The van der Waals surface area contributed by atoms with Crippen LogP contribution in [0.3, 0.4) is 0 Å². The number of aliphatic imine (C=N–C) groups is 1. The summed E-state index contributed by atoms with van der Waals surface area (Å²) in [5.41, 5.74) is 7.30. The monoisotopic (exact) mass is 457 g/mol. The maximum absolute atomic E-state index is 12.6. The average molecular weight is 458 g/mol. The van der Waals surface area contributed by atoms with Crippen LogP contribution in [0.2, 0.25) is 0 Å². The predicted molar refractivity (Wildman–Crippen MR) is 127 cm³/mol. The van der Waals surface area contributed by atoms with E-state index < -0.39 is 17.9 Å². The number of carbonyl (C=O) groups excluding carboxylic acids is 2. The summed E-state index contributed by atoms with van der Waals surface area (Å²) in [6, 6.07) is 6.94. The van der Waals surface area contributed by atoms with Crippen LogP contribution in [0.5, 0.6) is 0 Å². The maximum atomic E-state index is 12.6. The molecule has 2 rings (SSSR count). The summed E-state index contributed by atoms with van der Waals surface area (Å²) in [4.78, 5) is 32.9. The zero-order valence-electron chi connectivity index (χ0n) is 18.8. The largest absolute Gasteiger partial charge is 0.433 e. The molecule has 1 aromatic heterocycles. The van der Waals surface area contributed by atoms with Crippen LogP contribution in [0, 0.1) is 0 Å². The van der Waals surface area contributed by atoms with Crippen LogP contribution in [-0.4, -0.2) is 23.0 Å². The van der Waals surface area contributed by atoms with Gasteiger partial charge in [-0.25, -0.2) is 9.98 Å². The van der Waals surface area contributed by atoms with Gasteiger partial charge < -0.3 is 20.8 Å². The fourth-order valence-electron chi connectivity index (χ4n) is 2.64. The van der Waals surface area contributed by atoms with Crippen LogP contribution in [0.1, 0.15) is 62.7 Å². The molecule has 0 saturated carbocycles. The number of rotatable bonds is 7. The Morgan fingerprint density at radius 2 is 2.03 bits per heavy atom. The standard InChI is InChI=1S/C23H28ClN5O3/c1-7-26-19(25)18(24)13(2)20(30)28-14(3)22-27-12-17(32-22)21(31)29-16-10-8-9-15(11-16)23(4,5)6/h7-12,14H,2,25H2,1,3-6H3,(H,28,30)(H,29,31)/b19-18+,26-7-. The fraction of sp³-hybridized carbons (Fsp3) is 0.304. The Kier molecular flexibility index (Phi) is 7.99. The Hall–Kier alpha value is -3.39. The Morgan fingerprint density at radius 1 is 1.34 bits per heavy atom. The lowest BCUT2D eigenvalue weighted by molar-refractivity contribution is -0.118. The van der Waals surface area contributed by atoms with Crippen LogP contribution >= 0.6 is 11.6 Å². The molecular weight excluding hydrogens is 430 g/mol. The summed E-state index contributed by atoms with van der Waals surface area (Å²) in [5.74, 6) is -0.874. The summed E-state index contributed by atoms with van der Waals surface area (Å²) in [5, 5.41) is 5.39. The highest BCUT2D eigenvalue weighted by atomic mass is 35.5. The number of nitrogens with one attached hydrogen (secondary N) is 2. The van der Waals surface area contributed by atoms with Crippen LogP contribution in [0.15, 0.2) is 62.9 Å². The van der Waals surface area contributed by atoms with E-state index in [-0.39, 0.29) is 33.5 Å². The molecule has 32 heavy (non-hydrogen) atoms. The van der Waals surface area contributed by atoms with E-state index in [1.807, 2.05) is 18.2 Å². The molecule has 0 saturated heterocycles. The van der Waals surface area contributed by atoms with Gasteiger partial charge in [0.25, 0.3) is 11.8 Å². The average Bonchev–Trinajstić information content (AvgIpc) is 3.23. The quantitative estimate of drug-likeness (QED) is 0.322. The molecule has 9 heteroatoms. The third-order valence-corrected chi connectivity index (χ3v) is 4.91. The number of amides is 2. The van der Waals surface area contributed by atoms with Gasteiger partial charge in [0, 0.05) is 11.9 Å². The lowest BCUT2D eigenvalue weighted by Gasteiger charge is -2.19. The van der Waals surface area contributed by atoms with Crippen LogP contribution in [0.25, 0.3) is 0 Å². The van der Waals surface area contributed by atoms with Gasteiger partial charge in [-0.3, -0.25) is 9.59 Å². The number of hydrogen-bond acceptors (Lipinski definition) is 6. The van der Waals surface area contributed by atoms with Gasteiger partial charge in [-0.15, -0.1) is 0 Å². The van der Waals surface area contributed by atoms with Crippen LogP contribution in [-0.2, 0) is 10.2 Å². The molecule has 0 radical (unpaired) electrons. The van der Waals surface area contributed by atoms with E-state index in [9.17, 15) is 9.59 Å². The molecule has 1 unspecified atom stereocenters. The lowest BCUT2D eigenvalue weighted by atomic mass is 9.87. The zero-order chi connectivity index (χ0) is 24.1. The molecule has 0 aliphatic carbocycles. The van der Waals surface area contributed by atoms with Gasteiger partial charge in [0.2, 0.25) is 11.7 Å². The summed E-state index contributed by atoms with van der Waals surface area (Å²) < 4.78 is 5.54. The Labute approximate surface area is 192 Å². The molecular formula is C23H28ClN5O3. The van der Waals surface area contributed by atoms with Gasteiger partial charge in [0.05, 0.1) is 16.8 Å². The third-order valence-electron chi connectivity index (χ3n) is 4.48. The predicted octanol–water partition coefficient (Wildman–Crippen LogP) is 4.42. The van der Waals surface area contributed by atoms with Gasteiger partial charge in [-0.05, 0) is 37.0 Å². The van der Waals surface area contributed by atoms with Gasteiger partial charge in [0.15, 0.2) is 0 Å². The number of hydrogen-bond donors (Lipinski definition) is 3. The maximum Gasteiger partial charge on any atom is 0.293 e. The van der Waals surface area contributed by atoms with E-state index in [2.05, 4.69) is 48.0 Å². The summed E-state index contributed by atoms with van der Waals surface area (Å²) in [6.45, 7) is 13.2. The molecule has 1 aromatic carbocycles. The summed E-state index contributed by atoms with van der Waals surface area (Å²) >= 11 is 6.04. The van der Waals surface area contributed by atoms with Gasteiger partial charge in [-0.1, -0.05) is 51.1 Å². The van der Waals surface area contributed by atoms with Crippen molar-refractivity contribution in [2.24, 2.45) is 10.7 Å². The SMILES string of the molecule is C=C(C(=O)NC(C)c1ncc(C(=O)Nc2cccc(C(C)(C)C)c2)o1)/C(Cl)=C(N)\N=C/C. The Balaban J connectivity index is 2.07. The van der Waals surface area contributed by atoms with Crippen molar-refractivity contribution in [2.75, 3.05) is 5.32 Å². The van der Waals surface area contributed by atoms with E-state index >= 15 is 0 Å². The van der Waals surface area contributed by atoms with Gasteiger partial charge in [0.1, 0.15) is 11.9 Å². The van der Waals surface area contributed by atoms with E-state index in [1.165, 1.54) is 12.4 Å². The van der Waals surface area contributed by atoms with E-state index in [4.69, 9.17) is 21.8 Å². The van der Waals surface area contributed by atoms with E-state index in [0.29, 0.717) is 5.69 Å². The number of halogens is 1. The molecule has 0 bridgehead atoms. The highest BCUT2D eigenvalue weighted by molar-refractivity contribution is 6.35. The second-order valence-electron chi connectivity index (χ2n) is 8.11. The second kappa shape index (κ2) is 10.3. The molecule has 2 aromatic rings. The smallest absolute Gasteiger partial charge is 0.293 e. The van der Waals surface area contributed by atoms with Crippen molar-refractivity contribution in [3.8, 4) is 0 Å². The van der Waals surface area contributed by atoms with Crippen LogP contribution in [0.4, 0.5) is 5.69 Å². The highest BCUT2D eigenvalue weighted by Gasteiger charge is 2.21. The second-order valence-corrected chi connectivity index (χ2v) is 8.49. The Morgan fingerprint density at radius 3 is 2.66 bits per heavy atom. The molecule has 1 atom stereocenters. The first-order valence-electron chi connectivity index (χ1n) is 9.95. The van der Waals surface area contributed by atoms with E-state index in [0.717, 1.165) is 5.56 Å². The van der Waals surface area contributed by atoms with Crippen molar-refractivity contribution < 1.29 is 14.0 Å². The first kappa shape index (κ1) is 24.9. The fourth-order valence-corrected chi connectivity index (χ4v) is 2.78. The van der Waals surface area contributed by atoms with Gasteiger partial charge in [-0.2, -0.15) is 0 Å². The number of nitrogens with two attached hydrogens (primary N) is 1. The molecule has 4 N–H and O–H groups in total. The van der Waals surface area contributed by atoms with E-state index in [1.54, 1.807) is 19.9 Å². The van der Waals surface area contributed by atoms with Crippen molar-refractivity contribution >= 4 is 35.3 Å². The molecule has 2 amide bonds. The number of oxazole rings is 1. The molecule has 8 nitrogen and oxygen atoms in total. The number of carbonyl (C=O) groups is 2. The molecule has 0 aliphatic rings. The van der Waals surface area contributed by atoms with Crippen molar-refractivity contribution in [1.82, 2.24) is 10.3 Å². The number of anilines is 1. The molecule has 0 fully saturated rings. The number of nitrogens with zero attached hydrogens (tertiary/aromatic N) is 2. The Bertz CT molecular complexity index is 1080. The topological polar surface area (TPSA) is 123 Å². The third kappa shape index (κ3) is 6.31. The molecule has 170 valence electrons. The number of aromatic nitrogens is 1. The molecule has 0 spiro atoms. The molecule has 0 aliphatic heterocycles. The van der Waals surface area contributed by atoms with Gasteiger partial charge >= 0.3 is 0 Å². The van der Waals surface area contributed by atoms with Crippen molar-refractivity contribution in [1.29, 1.82) is 0 Å². The first-order chi connectivity index (χ1) is 14.9.